The smallest absolute Gasteiger partial charge is 0.408 e. The van der Waals surface area contributed by atoms with Crippen molar-refractivity contribution in [3.63, 3.8) is 0 Å². The van der Waals surface area contributed by atoms with Crippen LogP contribution in [0.15, 0.2) is 108 Å². The third kappa shape index (κ3) is 6.95. The molecule has 3 aliphatic rings. The van der Waals surface area contributed by atoms with E-state index in [4.69, 9.17) is 9.47 Å². The Hall–Kier alpha value is -4.90. The molecule has 0 bridgehead atoms. The van der Waals surface area contributed by atoms with Crippen molar-refractivity contribution < 1.29 is 28.7 Å². The number of esters is 1. The first kappa shape index (κ1) is 32.1. The number of pyridine rings is 1. The maximum Gasteiger partial charge on any atom is 0.408 e. The highest BCUT2D eigenvalue weighted by atomic mass is 32.2. The van der Waals surface area contributed by atoms with Crippen LogP contribution in [0.2, 0.25) is 0 Å². The Bertz CT molecular complexity index is 1700. The number of allylic oxidation sites excluding steroid dienone is 1. The summed E-state index contributed by atoms with van der Waals surface area (Å²) < 4.78 is 11.7. The van der Waals surface area contributed by atoms with E-state index < -0.39 is 41.1 Å². The molecule has 2 aromatic carbocycles. The third-order valence-electron chi connectivity index (χ3n) is 8.06. The van der Waals surface area contributed by atoms with Crippen LogP contribution in [0, 0.1) is 0 Å². The normalized spacial score (nSPS) is 20.3. The lowest BCUT2D eigenvalue weighted by Gasteiger charge is -2.50. The van der Waals surface area contributed by atoms with Gasteiger partial charge in [0.15, 0.2) is 6.10 Å². The lowest BCUT2D eigenvalue weighted by molar-refractivity contribution is -0.153. The van der Waals surface area contributed by atoms with Crippen LogP contribution in [-0.4, -0.2) is 63.1 Å². The van der Waals surface area contributed by atoms with Crippen LogP contribution in [0.3, 0.4) is 0 Å². The molecule has 0 saturated carbocycles. The Morgan fingerprint density at radius 2 is 1.64 bits per heavy atom. The summed E-state index contributed by atoms with van der Waals surface area (Å²) in [4.78, 5) is 59.7. The van der Waals surface area contributed by atoms with Crippen molar-refractivity contribution in [2.24, 2.45) is 0 Å². The van der Waals surface area contributed by atoms with Crippen LogP contribution in [0.1, 0.15) is 50.0 Å². The van der Waals surface area contributed by atoms with Gasteiger partial charge < -0.3 is 20.1 Å². The predicted octanol–water partition coefficient (Wildman–Crippen LogP) is 4.84. The van der Waals surface area contributed by atoms with Crippen molar-refractivity contribution in [1.29, 1.82) is 0 Å². The van der Waals surface area contributed by atoms with E-state index in [0.717, 1.165) is 16.7 Å². The molecular formula is C36H36N4O6S. The summed E-state index contributed by atoms with van der Waals surface area (Å²) in [5, 5.41) is 5.00. The Labute approximate surface area is 277 Å². The number of fused-ring (bicyclic) bond motifs is 1. The van der Waals surface area contributed by atoms with Gasteiger partial charge in [0.05, 0.1) is 0 Å². The lowest BCUT2D eigenvalue weighted by atomic mass is 9.90. The van der Waals surface area contributed by atoms with Crippen molar-refractivity contribution in [1.82, 2.24) is 20.5 Å². The second kappa shape index (κ2) is 13.4. The fourth-order valence-corrected chi connectivity index (χ4v) is 7.31. The summed E-state index contributed by atoms with van der Waals surface area (Å²) in [7, 11) is 0. The minimum atomic E-state index is -0.899. The molecule has 6 rings (SSSR count). The molecular weight excluding hydrogens is 616 g/mol. The standard InChI is InChI=1S/C36H36N4O6S/c1-36(2,3)46-35(44)39-28-32(42)40-29(34(43)45-30(23-10-6-4-7-11-23)24-12-8-5-9-13-24)27(21-47-33(28)40)26(25-16-19-38-31(25)41)20-22-14-17-37-18-15-22/h4-15,17-18,28,30,33H,16,19-21H2,1-3H3,(H,38,41)(H,39,44)/t28-,33-/m1/s1. The number of alkyl carbamates (subject to hydrolysis) is 1. The van der Waals surface area contributed by atoms with Crippen molar-refractivity contribution in [3.05, 3.63) is 124 Å². The maximum atomic E-state index is 14.5. The number of hydrogen-bond donors (Lipinski definition) is 2. The SMILES string of the molecule is CC(C)(C)OC(=O)N[C@@H]1C(=O)N2C(C(=O)OC(c3ccccc3)c3ccccc3)=C(C(Cc3ccncc3)=C3CCNC3=O)CS[C@H]12. The van der Waals surface area contributed by atoms with Gasteiger partial charge in [0.1, 0.15) is 22.7 Å². The number of amides is 3. The van der Waals surface area contributed by atoms with Crippen LogP contribution in [0.5, 0.6) is 0 Å². The average Bonchev–Trinajstić information content (AvgIpc) is 3.50. The van der Waals surface area contributed by atoms with Crippen LogP contribution in [-0.2, 0) is 30.3 Å². The molecule has 10 nitrogen and oxygen atoms in total. The Balaban J connectivity index is 1.43. The van der Waals surface area contributed by atoms with E-state index in [1.807, 2.05) is 72.8 Å². The van der Waals surface area contributed by atoms with Gasteiger partial charge in [0.25, 0.3) is 5.91 Å². The maximum absolute atomic E-state index is 14.5. The summed E-state index contributed by atoms with van der Waals surface area (Å²) in [6.45, 7) is 5.71. The van der Waals surface area contributed by atoms with Crippen molar-refractivity contribution in [2.45, 2.75) is 56.7 Å². The van der Waals surface area contributed by atoms with E-state index in [-0.39, 0.29) is 11.6 Å². The molecule has 1 aromatic heterocycles. The highest BCUT2D eigenvalue weighted by molar-refractivity contribution is 8.00. The molecule has 0 radical (unpaired) electrons. The number of carbonyl (C=O) groups is 4. The second-order valence-electron chi connectivity index (χ2n) is 12.5. The van der Waals surface area contributed by atoms with Gasteiger partial charge in [-0.3, -0.25) is 19.5 Å². The molecule has 4 heterocycles. The zero-order chi connectivity index (χ0) is 33.1. The number of rotatable bonds is 8. The first-order valence-electron chi connectivity index (χ1n) is 15.5. The highest BCUT2D eigenvalue weighted by Gasteiger charge is 2.55. The van der Waals surface area contributed by atoms with Crippen LogP contribution < -0.4 is 10.6 Å². The van der Waals surface area contributed by atoms with Gasteiger partial charge in [0, 0.05) is 30.3 Å². The molecule has 0 unspecified atom stereocenters. The van der Waals surface area contributed by atoms with Gasteiger partial charge in [-0.2, -0.15) is 0 Å². The zero-order valence-electron chi connectivity index (χ0n) is 26.4. The Morgan fingerprint density at radius 3 is 2.21 bits per heavy atom. The van der Waals surface area contributed by atoms with Crippen LogP contribution >= 0.6 is 11.8 Å². The molecule has 0 aliphatic carbocycles. The molecule has 2 saturated heterocycles. The topological polar surface area (TPSA) is 127 Å². The molecule has 11 heteroatoms. The molecule has 0 spiro atoms. The molecule has 2 atom stereocenters. The van der Waals surface area contributed by atoms with Gasteiger partial charge in [-0.05, 0) is 73.6 Å². The number of benzene rings is 2. The summed E-state index contributed by atoms with van der Waals surface area (Å²) in [5.74, 6) is -1.05. The van der Waals surface area contributed by atoms with E-state index >= 15 is 0 Å². The van der Waals surface area contributed by atoms with Gasteiger partial charge >= 0.3 is 12.1 Å². The number of β-lactam (4-membered cyclic amide) rings is 1. The number of carbonyl (C=O) groups excluding carboxylic acids is 4. The summed E-state index contributed by atoms with van der Waals surface area (Å²) in [5.41, 5.74) is 3.56. The van der Waals surface area contributed by atoms with Gasteiger partial charge in [-0.15, -0.1) is 11.8 Å². The molecule has 242 valence electrons. The fraction of sp³-hybridized carbons (Fsp3) is 0.306. The minimum absolute atomic E-state index is 0.0779. The number of nitrogens with one attached hydrogen (secondary N) is 2. The van der Waals surface area contributed by atoms with Gasteiger partial charge in [0.2, 0.25) is 5.91 Å². The van der Waals surface area contributed by atoms with E-state index in [2.05, 4.69) is 15.6 Å². The fourth-order valence-electron chi connectivity index (χ4n) is 5.93. The molecule has 3 aromatic rings. The first-order chi connectivity index (χ1) is 22.6. The Kier molecular flexibility index (Phi) is 9.17. The first-order valence-corrected chi connectivity index (χ1v) is 16.5. The lowest BCUT2D eigenvalue weighted by Crippen LogP contribution is -2.70. The largest absolute Gasteiger partial charge is 0.448 e. The minimum Gasteiger partial charge on any atom is -0.448 e. The number of hydrogen-bond acceptors (Lipinski definition) is 8. The van der Waals surface area contributed by atoms with E-state index in [1.165, 1.54) is 16.7 Å². The molecule has 3 aliphatic heterocycles. The quantitative estimate of drug-likeness (QED) is 0.201. The van der Waals surface area contributed by atoms with Crippen LogP contribution in [0.4, 0.5) is 4.79 Å². The molecule has 3 amide bonds. The van der Waals surface area contributed by atoms with Gasteiger partial charge in [-0.1, -0.05) is 60.7 Å². The Morgan fingerprint density at radius 1 is 1.00 bits per heavy atom. The van der Waals surface area contributed by atoms with Crippen molar-refractivity contribution in [3.8, 4) is 0 Å². The van der Waals surface area contributed by atoms with E-state index in [0.29, 0.717) is 41.9 Å². The molecule has 2 fully saturated rings. The highest BCUT2D eigenvalue weighted by Crippen LogP contribution is 2.45. The monoisotopic (exact) mass is 652 g/mol. The number of ether oxygens (including phenoxy) is 2. The zero-order valence-corrected chi connectivity index (χ0v) is 27.2. The third-order valence-corrected chi connectivity index (χ3v) is 9.34. The summed E-state index contributed by atoms with van der Waals surface area (Å²) in [6.07, 6.45) is 2.71. The van der Waals surface area contributed by atoms with Crippen molar-refractivity contribution in [2.75, 3.05) is 12.3 Å². The van der Waals surface area contributed by atoms with E-state index in [9.17, 15) is 19.2 Å². The van der Waals surface area contributed by atoms with Crippen molar-refractivity contribution >= 4 is 35.6 Å². The second-order valence-corrected chi connectivity index (χ2v) is 13.6. The van der Waals surface area contributed by atoms with Gasteiger partial charge in [-0.25, -0.2) is 9.59 Å². The van der Waals surface area contributed by atoms with E-state index in [1.54, 1.807) is 33.2 Å². The summed E-state index contributed by atoms with van der Waals surface area (Å²) in [6, 6.07) is 21.6. The molecule has 47 heavy (non-hydrogen) atoms. The number of aromatic nitrogens is 1. The number of thioether (sulfide) groups is 1. The average molecular weight is 653 g/mol. The van der Waals surface area contributed by atoms with Crippen LogP contribution in [0.25, 0.3) is 0 Å². The number of nitrogens with zero attached hydrogens (tertiary/aromatic N) is 2. The molecule has 2 N–H and O–H groups in total. The predicted molar refractivity (Wildman–Crippen MR) is 177 cm³/mol. The summed E-state index contributed by atoms with van der Waals surface area (Å²) >= 11 is 1.42.